The van der Waals surface area contributed by atoms with Crippen molar-refractivity contribution >= 4 is 66.4 Å². The molecule has 0 N–H and O–H groups in total. The summed E-state index contributed by atoms with van der Waals surface area (Å²) in [6.45, 7) is 6.83. The second kappa shape index (κ2) is 14.8. The second-order valence-corrected chi connectivity index (χ2v) is 17.7. The maximum absolute atomic E-state index is 10.3. The summed E-state index contributed by atoms with van der Waals surface area (Å²) in [6.07, 6.45) is 0.619. The molecule has 1 aliphatic heterocycles. The smallest absolute Gasteiger partial charge is 0.0992 e. The topological polar surface area (TPSA) is 54.1 Å². The van der Waals surface area contributed by atoms with Crippen molar-refractivity contribution in [1.29, 1.82) is 10.5 Å². The highest BCUT2D eigenvalue weighted by Crippen LogP contribution is 2.53. The van der Waals surface area contributed by atoms with Crippen LogP contribution in [0.3, 0.4) is 0 Å². The van der Waals surface area contributed by atoms with Crippen LogP contribution in [0.1, 0.15) is 48.6 Å². The van der Waals surface area contributed by atoms with Crippen molar-refractivity contribution in [3.8, 4) is 34.4 Å². The molecule has 0 saturated heterocycles. The van der Waals surface area contributed by atoms with Gasteiger partial charge >= 0.3 is 0 Å². The molecule has 10 aromatic rings. The Morgan fingerprint density at radius 3 is 1.33 bits per heavy atom. The molecule has 0 radical (unpaired) electrons. The summed E-state index contributed by atoms with van der Waals surface area (Å²) in [5, 5.41) is 27.6. The molecular formula is C59H42N4. The van der Waals surface area contributed by atoms with Gasteiger partial charge in [0.15, 0.2) is 0 Å². The Morgan fingerprint density at radius 2 is 0.889 bits per heavy atom. The monoisotopic (exact) mass is 806 g/mol. The van der Waals surface area contributed by atoms with E-state index in [4.69, 9.17) is 0 Å². The molecule has 0 spiro atoms. The lowest BCUT2D eigenvalue weighted by atomic mass is 9.83. The van der Waals surface area contributed by atoms with Crippen LogP contribution in [0.15, 0.2) is 188 Å². The van der Waals surface area contributed by atoms with E-state index in [-0.39, 0.29) is 5.41 Å². The standard InChI is InChI=1S/C59H42N4/c1-59(2,3)48-31-46-24-26-51-55-35-56(52-27-25-47(32-48)57(46)58(51)52)63(50-19-11-13-39(29-50)37-61)54-34-43(41-16-8-5-9-17-41)21-23-45(54)30-44-22-20-42(40-14-6-4-7-15-40)33-53(44)62(55)49-18-10-12-38(28-49)36-60/h4-29,31-35H,30H2,1-3H3. The third-order valence-electron chi connectivity index (χ3n) is 12.7. The van der Waals surface area contributed by atoms with Crippen molar-refractivity contribution in [2.24, 2.45) is 0 Å². The zero-order valence-corrected chi connectivity index (χ0v) is 35.4. The van der Waals surface area contributed by atoms with Gasteiger partial charge < -0.3 is 9.80 Å². The van der Waals surface area contributed by atoms with Gasteiger partial charge in [0.1, 0.15) is 0 Å². The summed E-state index contributed by atoms with van der Waals surface area (Å²) in [6, 6.07) is 71.8. The molecule has 10 aromatic carbocycles. The lowest BCUT2D eigenvalue weighted by molar-refractivity contribution is 0.591. The molecule has 0 unspecified atom stereocenters. The molecule has 0 aliphatic carbocycles. The molecule has 0 aromatic heterocycles. The van der Waals surface area contributed by atoms with Gasteiger partial charge in [0.2, 0.25) is 0 Å². The second-order valence-electron chi connectivity index (χ2n) is 17.7. The summed E-state index contributed by atoms with van der Waals surface area (Å²) in [5.74, 6) is 0. The van der Waals surface area contributed by atoms with Gasteiger partial charge in [-0.05, 0) is 115 Å². The summed E-state index contributed by atoms with van der Waals surface area (Å²) < 4.78 is 0. The van der Waals surface area contributed by atoms with Crippen LogP contribution in [-0.2, 0) is 11.8 Å². The Bertz CT molecular complexity index is 3280. The number of hydrogen-bond acceptors (Lipinski definition) is 4. The third-order valence-corrected chi connectivity index (χ3v) is 12.7. The number of nitrogens with zero attached hydrogens (tertiary/aromatic N) is 4. The number of nitriles is 2. The van der Waals surface area contributed by atoms with Crippen molar-refractivity contribution in [2.45, 2.75) is 32.6 Å². The SMILES string of the molecule is CC(C)(C)c1cc2ccc3c4cc(c5ccc(c1)c2c35)N(c1cccc(C#N)c1)c1cc(-c2ccccc2)ccc1Cc1ccc(-c2ccccc2)cc1N4c1cccc(C#N)c1. The van der Waals surface area contributed by atoms with Crippen LogP contribution in [0.2, 0.25) is 0 Å². The van der Waals surface area contributed by atoms with Crippen molar-refractivity contribution in [3.05, 3.63) is 216 Å². The van der Waals surface area contributed by atoms with Crippen LogP contribution in [0, 0.1) is 22.7 Å². The lowest BCUT2D eigenvalue weighted by Crippen LogP contribution is -2.19. The first kappa shape index (κ1) is 37.8. The predicted octanol–water partition coefficient (Wildman–Crippen LogP) is 15.8. The van der Waals surface area contributed by atoms with Crippen molar-refractivity contribution in [2.75, 3.05) is 9.80 Å². The van der Waals surface area contributed by atoms with Gasteiger partial charge in [-0.2, -0.15) is 10.5 Å². The van der Waals surface area contributed by atoms with Gasteiger partial charge in [0.05, 0.1) is 46.0 Å². The Kier molecular flexibility index (Phi) is 8.86. The van der Waals surface area contributed by atoms with Crippen molar-refractivity contribution in [3.63, 3.8) is 0 Å². The largest absolute Gasteiger partial charge is 0.309 e. The molecule has 63 heavy (non-hydrogen) atoms. The van der Waals surface area contributed by atoms with E-state index in [1.54, 1.807) is 0 Å². The van der Waals surface area contributed by atoms with Crippen LogP contribution in [0.5, 0.6) is 0 Å². The zero-order valence-electron chi connectivity index (χ0n) is 35.4. The van der Waals surface area contributed by atoms with Crippen LogP contribution in [-0.4, -0.2) is 0 Å². The molecular weight excluding hydrogens is 765 g/mol. The molecule has 0 amide bonds. The Balaban J connectivity index is 1.34. The zero-order chi connectivity index (χ0) is 42.8. The fourth-order valence-corrected chi connectivity index (χ4v) is 9.59. The van der Waals surface area contributed by atoms with E-state index >= 15 is 0 Å². The van der Waals surface area contributed by atoms with Gasteiger partial charge in [0, 0.05) is 34.0 Å². The maximum Gasteiger partial charge on any atom is 0.0992 e. The van der Waals surface area contributed by atoms with E-state index in [1.165, 1.54) is 27.1 Å². The summed E-state index contributed by atoms with van der Waals surface area (Å²) in [4.78, 5) is 4.76. The van der Waals surface area contributed by atoms with E-state index in [2.05, 4.69) is 194 Å². The van der Waals surface area contributed by atoms with Gasteiger partial charge in [-0.1, -0.05) is 154 Å². The van der Waals surface area contributed by atoms with Crippen LogP contribution in [0.4, 0.5) is 34.1 Å². The fraction of sp³-hybridized carbons (Fsp3) is 0.0847. The number of hydrogen-bond donors (Lipinski definition) is 0. The van der Waals surface area contributed by atoms with E-state index in [9.17, 15) is 10.5 Å². The third kappa shape index (κ3) is 6.44. The minimum Gasteiger partial charge on any atom is -0.309 e. The van der Waals surface area contributed by atoms with Crippen molar-refractivity contribution < 1.29 is 0 Å². The highest BCUT2D eigenvalue weighted by atomic mass is 15.2. The quantitative estimate of drug-likeness (QED) is 0.166. The number of fused-ring (bicyclic) bond motifs is 6. The minimum atomic E-state index is -0.0385. The molecule has 1 aliphatic rings. The molecule has 2 bridgehead atoms. The summed E-state index contributed by atoms with van der Waals surface area (Å²) >= 11 is 0. The number of benzene rings is 10. The van der Waals surface area contributed by atoms with E-state index in [0.29, 0.717) is 17.5 Å². The first-order valence-corrected chi connectivity index (χ1v) is 21.5. The Hall–Kier alpha value is -8.18. The molecule has 0 fully saturated rings. The average molecular weight is 807 g/mol. The Labute approximate surface area is 368 Å². The van der Waals surface area contributed by atoms with Gasteiger partial charge in [-0.15, -0.1) is 0 Å². The first-order chi connectivity index (χ1) is 30.7. The fourth-order valence-electron chi connectivity index (χ4n) is 9.59. The van der Waals surface area contributed by atoms with Gasteiger partial charge in [-0.25, -0.2) is 0 Å². The Morgan fingerprint density at radius 1 is 0.413 bits per heavy atom. The minimum absolute atomic E-state index is 0.0385. The predicted molar refractivity (Wildman–Crippen MR) is 261 cm³/mol. The summed E-state index contributed by atoms with van der Waals surface area (Å²) in [7, 11) is 0. The number of anilines is 6. The number of rotatable bonds is 4. The van der Waals surface area contributed by atoms with Gasteiger partial charge in [0.25, 0.3) is 0 Å². The molecule has 0 atom stereocenters. The van der Waals surface area contributed by atoms with E-state index in [0.717, 1.165) is 78.3 Å². The highest BCUT2D eigenvalue weighted by molar-refractivity contribution is 6.29. The van der Waals surface area contributed by atoms with Crippen molar-refractivity contribution in [1.82, 2.24) is 0 Å². The maximum atomic E-state index is 10.3. The molecule has 4 heteroatoms. The molecule has 4 nitrogen and oxygen atoms in total. The van der Waals surface area contributed by atoms with Crippen LogP contribution in [0.25, 0.3) is 54.6 Å². The van der Waals surface area contributed by atoms with Crippen LogP contribution >= 0.6 is 0 Å². The summed E-state index contributed by atoms with van der Waals surface area (Å²) in [5.41, 5.74) is 15.1. The van der Waals surface area contributed by atoms with E-state index < -0.39 is 0 Å². The molecule has 0 saturated carbocycles. The average Bonchev–Trinajstić information content (AvgIpc) is 3.32. The van der Waals surface area contributed by atoms with Crippen LogP contribution < -0.4 is 9.80 Å². The normalized spacial score (nSPS) is 12.5. The first-order valence-electron chi connectivity index (χ1n) is 21.5. The molecule has 298 valence electrons. The molecule has 11 rings (SSSR count). The highest BCUT2D eigenvalue weighted by Gasteiger charge is 2.29. The van der Waals surface area contributed by atoms with Gasteiger partial charge in [-0.3, -0.25) is 0 Å². The molecule has 1 heterocycles. The lowest BCUT2D eigenvalue weighted by Gasteiger charge is -2.36. The van der Waals surface area contributed by atoms with E-state index in [1.807, 2.05) is 36.4 Å².